The summed E-state index contributed by atoms with van der Waals surface area (Å²) in [7, 11) is 0. The van der Waals surface area contributed by atoms with Crippen LogP contribution >= 0.6 is 0 Å². The standard InChI is InChI=1S/C27H19N9/c1-3-18(13-28-11-1)22-15-31-33-25(22)8-6-20-5-7-21-24(35-36-27(21)17-30-20)9-10-26-23(16-32-34-26)19-4-2-12-29-14-19/h1-17H,(H,31,33)(H,32,34)/b8-6+,10-9+. The van der Waals surface area contributed by atoms with Crippen LogP contribution in [0.25, 0.3) is 57.8 Å². The first kappa shape index (κ1) is 21.2. The van der Waals surface area contributed by atoms with Gasteiger partial charge in [0.1, 0.15) is 5.69 Å². The van der Waals surface area contributed by atoms with Crippen molar-refractivity contribution in [2.45, 2.75) is 0 Å². The fraction of sp³-hybridized carbons (Fsp3) is 0. The van der Waals surface area contributed by atoms with Crippen LogP contribution < -0.4 is 0 Å². The number of nitrogens with one attached hydrogen (secondary N) is 2. The monoisotopic (exact) mass is 469 g/mol. The fourth-order valence-corrected chi connectivity index (χ4v) is 3.86. The van der Waals surface area contributed by atoms with Crippen LogP contribution in [-0.4, -0.2) is 45.5 Å². The SMILES string of the molecule is C(=C\c1[nH]ncc1-c1cccnc1)/c1ccc2c(/C=C/c3[nH]ncc3-c3cccnc3)nnc-2cn1. The fourth-order valence-electron chi connectivity index (χ4n) is 3.86. The molecule has 2 aliphatic rings. The molecular weight excluding hydrogens is 450 g/mol. The lowest BCUT2D eigenvalue weighted by molar-refractivity contribution is 1.08. The third-order valence-corrected chi connectivity index (χ3v) is 5.69. The van der Waals surface area contributed by atoms with Crippen molar-refractivity contribution in [2.75, 3.05) is 0 Å². The van der Waals surface area contributed by atoms with E-state index < -0.39 is 0 Å². The molecule has 0 unspecified atom stereocenters. The average molecular weight is 470 g/mol. The van der Waals surface area contributed by atoms with E-state index >= 15 is 0 Å². The van der Waals surface area contributed by atoms with Crippen LogP contribution in [0.2, 0.25) is 0 Å². The Hall–Kier alpha value is -5.31. The molecule has 6 heterocycles. The van der Waals surface area contributed by atoms with Gasteiger partial charge in [0.15, 0.2) is 0 Å². The summed E-state index contributed by atoms with van der Waals surface area (Å²) in [5.74, 6) is 0. The number of aromatic nitrogens is 9. The van der Waals surface area contributed by atoms with Gasteiger partial charge in [-0.25, -0.2) is 0 Å². The van der Waals surface area contributed by atoms with Gasteiger partial charge in [0.2, 0.25) is 0 Å². The van der Waals surface area contributed by atoms with E-state index in [4.69, 9.17) is 0 Å². The van der Waals surface area contributed by atoms with Gasteiger partial charge >= 0.3 is 0 Å². The predicted octanol–water partition coefficient (Wildman–Crippen LogP) is 4.89. The minimum absolute atomic E-state index is 0.712. The predicted molar refractivity (Wildman–Crippen MR) is 138 cm³/mol. The smallest absolute Gasteiger partial charge is 0.113 e. The van der Waals surface area contributed by atoms with Crippen molar-refractivity contribution < 1.29 is 0 Å². The van der Waals surface area contributed by atoms with Gasteiger partial charge in [0, 0.05) is 52.6 Å². The van der Waals surface area contributed by atoms with Crippen molar-refractivity contribution in [3.8, 4) is 33.5 Å². The summed E-state index contributed by atoms with van der Waals surface area (Å²) in [4.78, 5) is 12.9. The minimum Gasteiger partial charge on any atom is -0.278 e. The second-order valence-electron chi connectivity index (χ2n) is 7.95. The maximum atomic E-state index is 4.57. The number of fused-ring (bicyclic) bond motifs is 1. The van der Waals surface area contributed by atoms with Crippen LogP contribution in [0.1, 0.15) is 22.8 Å². The number of aromatic amines is 2. The zero-order valence-corrected chi connectivity index (χ0v) is 18.9. The van der Waals surface area contributed by atoms with Crippen molar-refractivity contribution in [2.24, 2.45) is 0 Å². The molecule has 9 nitrogen and oxygen atoms in total. The molecule has 172 valence electrons. The van der Waals surface area contributed by atoms with E-state index in [2.05, 4.69) is 45.5 Å². The van der Waals surface area contributed by atoms with Crippen molar-refractivity contribution >= 4 is 24.3 Å². The van der Waals surface area contributed by atoms with E-state index in [0.717, 1.165) is 50.6 Å². The van der Waals surface area contributed by atoms with E-state index in [1.165, 1.54) is 0 Å². The molecule has 0 spiro atoms. The summed E-state index contributed by atoms with van der Waals surface area (Å²) >= 11 is 0. The lowest BCUT2D eigenvalue weighted by atomic mass is 10.1. The molecular formula is C27H19N9. The first-order chi connectivity index (χ1) is 17.8. The van der Waals surface area contributed by atoms with E-state index in [-0.39, 0.29) is 0 Å². The second-order valence-corrected chi connectivity index (χ2v) is 7.95. The Labute approximate surface area is 206 Å². The zero-order valence-electron chi connectivity index (χ0n) is 18.9. The highest BCUT2D eigenvalue weighted by Crippen LogP contribution is 2.26. The molecule has 0 saturated carbocycles. The van der Waals surface area contributed by atoms with E-state index in [1.54, 1.807) is 31.0 Å². The largest absolute Gasteiger partial charge is 0.278 e. The lowest BCUT2D eigenvalue weighted by Crippen LogP contribution is -1.81. The van der Waals surface area contributed by atoms with Crippen LogP contribution in [0.3, 0.4) is 0 Å². The van der Waals surface area contributed by atoms with Gasteiger partial charge in [-0.05, 0) is 48.6 Å². The second kappa shape index (κ2) is 9.51. The molecule has 36 heavy (non-hydrogen) atoms. The molecule has 0 bridgehead atoms. The number of hydrogen-bond donors (Lipinski definition) is 2. The van der Waals surface area contributed by atoms with E-state index in [0.29, 0.717) is 5.69 Å². The quantitative estimate of drug-likeness (QED) is 0.356. The highest BCUT2D eigenvalue weighted by atomic mass is 15.1. The molecule has 0 aromatic carbocycles. The first-order valence-electron chi connectivity index (χ1n) is 11.2. The zero-order chi connectivity index (χ0) is 24.2. The van der Waals surface area contributed by atoms with Crippen LogP contribution in [-0.2, 0) is 0 Å². The first-order valence-corrected chi connectivity index (χ1v) is 11.2. The molecule has 2 aliphatic heterocycles. The Morgan fingerprint density at radius 3 is 1.89 bits per heavy atom. The minimum atomic E-state index is 0.712. The summed E-state index contributed by atoms with van der Waals surface area (Å²) in [5, 5.41) is 23.0. The van der Waals surface area contributed by atoms with Crippen molar-refractivity contribution in [1.29, 1.82) is 0 Å². The van der Waals surface area contributed by atoms with Gasteiger partial charge in [-0.2, -0.15) is 10.2 Å². The van der Waals surface area contributed by atoms with E-state index in [1.807, 2.05) is 73.1 Å². The summed E-state index contributed by atoms with van der Waals surface area (Å²) in [6.07, 6.45) is 20.2. The summed E-state index contributed by atoms with van der Waals surface area (Å²) in [5.41, 5.74) is 8.80. The molecule has 0 atom stereocenters. The van der Waals surface area contributed by atoms with Gasteiger partial charge in [-0.15, -0.1) is 10.2 Å². The van der Waals surface area contributed by atoms with Gasteiger partial charge in [0.05, 0.1) is 41.4 Å². The van der Waals surface area contributed by atoms with Gasteiger partial charge in [0.25, 0.3) is 0 Å². The molecule has 6 rings (SSSR count). The molecule has 0 fully saturated rings. The molecule has 0 radical (unpaired) electrons. The Bertz CT molecular complexity index is 1630. The van der Waals surface area contributed by atoms with Crippen molar-refractivity contribution in [1.82, 2.24) is 45.5 Å². The maximum absolute atomic E-state index is 4.57. The lowest BCUT2D eigenvalue weighted by Gasteiger charge is -1.98. The molecule has 0 amide bonds. The summed E-state index contributed by atoms with van der Waals surface area (Å²) < 4.78 is 0. The van der Waals surface area contributed by atoms with Crippen molar-refractivity contribution in [3.05, 3.63) is 103 Å². The van der Waals surface area contributed by atoms with Crippen LogP contribution in [0.5, 0.6) is 0 Å². The Balaban J connectivity index is 1.26. The van der Waals surface area contributed by atoms with Gasteiger partial charge in [-0.1, -0.05) is 12.1 Å². The molecule has 2 N–H and O–H groups in total. The molecule has 4 aromatic heterocycles. The molecule has 9 heteroatoms. The molecule has 0 aliphatic carbocycles. The Morgan fingerprint density at radius 1 is 0.583 bits per heavy atom. The number of rotatable bonds is 6. The van der Waals surface area contributed by atoms with Crippen LogP contribution in [0.15, 0.2) is 79.8 Å². The van der Waals surface area contributed by atoms with Gasteiger partial charge in [-0.3, -0.25) is 25.1 Å². The van der Waals surface area contributed by atoms with Crippen molar-refractivity contribution in [3.63, 3.8) is 0 Å². The number of pyridine rings is 2. The maximum Gasteiger partial charge on any atom is 0.113 e. The van der Waals surface area contributed by atoms with Crippen LogP contribution in [0, 0.1) is 0 Å². The topological polar surface area (TPSA) is 122 Å². The normalized spacial score (nSPS) is 11.7. The average Bonchev–Trinajstić information content (AvgIpc) is 3.65. The molecule has 0 saturated heterocycles. The van der Waals surface area contributed by atoms with Gasteiger partial charge < -0.3 is 0 Å². The summed E-state index contributed by atoms with van der Waals surface area (Å²) in [6.45, 7) is 0. The third kappa shape index (κ3) is 4.28. The number of H-pyrrole nitrogens is 2. The van der Waals surface area contributed by atoms with Crippen LogP contribution in [0.4, 0.5) is 0 Å². The highest BCUT2D eigenvalue weighted by molar-refractivity contribution is 5.82. The summed E-state index contributed by atoms with van der Waals surface area (Å²) in [6, 6.07) is 11.7. The Kier molecular flexibility index (Phi) is 5.61. The third-order valence-electron chi connectivity index (χ3n) is 5.69. The number of hydrogen-bond acceptors (Lipinski definition) is 7. The Morgan fingerprint density at radius 2 is 1.25 bits per heavy atom. The highest BCUT2D eigenvalue weighted by Gasteiger charge is 2.12. The van der Waals surface area contributed by atoms with E-state index in [9.17, 15) is 0 Å². The number of nitrogens with zero attached hydrogens (tertiary/aromatic N) is 7. The molecule has 4 aromatic rings.